The van der Waals surface area contributed by atoms with Crippen LogP contribution in [0.25, 0.3) is 5.13 Å². The zero-order chi connectivity index (χ0) is 20.2. The number of rotatable bonds is 8. The topological polar surface area (TPSA) is 33.5 Å². The van der Waals surface area contributed by atoms with E-state index in [-0.39, 0.29) is 0 Å². The van der Waals surface area contributed by atoms with Crippen molar-refractivity contribution in [3.8, 4) is 5.13 Å². The van der Waals surface area contributed by atoms with Crippen LogP contribution in [0.2, 0.25) is 0 Å². The lowest BCUT2D eigenvalue weighted by Gasteiger charge is -2.38. The highest BCUT2D eigenvalue weighted by Gasteiger charge is 2.29. The molecule has 30 heavy (non-hydrogen) atoms. The third-order valence-corrected chi connectivity index (χ3v) is 8.11. The Morgan fingerprint density at radius 3 is 2.67 bits per heavy atom. The molecule has 0 N–H and O–H groups in total. The second-order valence-electron chi connectivity index (χ2n) is 9.43. The number of thiazole rings is 1. The highest BCUT2D eigenvalue weighted by Crippen LogP contribution is 2.29. The molecule has 0 aromatic carbocycles. The van der Waals surface area contributed by atoms with Crippen LogP contribution < -0.4 is 0 Å². The molecule has 3 fully saturated rings. The monoisotopic (exact) mass is 428 g/mol. The normalized spacial score (nSPS) is 24.4. The number of nitrogens with zero attached hydrogens (tertiary/aromatic N) is 4. The molecule has 1 atom stereocenters. The minimum atomic E-state index is 0.409. The first-order valence-electron chi connectivity index (χ1n) is 12.0. The number of hydrogen-bond donors (Lipinski definition) is 0. The summed E-state index contributed by atoms with van der Waals surface area (Å²) >= 11 is 1.71. The predicted molar refractivity (Wildman–Crippen MR) is 122 cm³/mol. The van der Waals surface area contributed by atoms with E-state index in [4.69, 9.17) is 4.74 Å². The summed E-state index contributed by atoms with van der Waals surface area (Å²) in [5.41, 5.74) is 1.34. The second kappa shape index (κ2) is 9.94. The van der Waals surface area contributed by atoms with Crippen LogP contribution in [0.4, 0.5) is 0 Å². The van der Waals surface area contributed by atoms with Crippen molar-refractivity contribution >= 4 is 11.3 Å². The standard InChI is InChI=1S/C24H36N4OS/c1-2-6-21(5-1)27-13-9-20(10-14-27)17-26(19-23-8-4-15-29-23)18-22-7-3-12-28(22)24-25-11-16-30-24/h3,7,11-12,16,20-21,23H,1-2,4-6,8-10,13-15,17-19H2/t23-/m0/s1. The molecule has 0 amide bonds. The van der Waals surface area contributed by atoms with Gasteiger partial charge in [0, 0.05) is 55.8 Å². The van der Waals surface area contributed by atoms with Crippen molar-refractivity contribution in [3.63, 3.8) is 0 Å². The van der Waals surface area contributed by atoms with Gasteiger partial charge in [-0.3, -0.25) is 9.47 Å². The lowest BCUT2D eigenvalue weighted by Crippen LogP contribution is -2.43. The van der Waals surface area contributed by atoms with Crippen LogP contribution in [-0.2, 0) is 11.3 Å². The molecule has 1 saturated carbocycles. The zero-order valence-electron chi connectivity index (χ0n) is 18.1. The largest absolute Gasteiger partial charge is 0.377 e. The smallest absolute Gasteiger partial charge is 0.193 e. The molecule has 5 nitrogen and oxygen atoms in total. The molecule has 2 aliphatic heterocycles. The van der Waals surface area contributed by atoms with E-state index in [2.05, 4.69) is 43.1 Å². The molecule has 0 spiro atoms. The number of likely N-dealkylation sites (tertiary alicyclic amines) is 1. The van der Waals surface area contributed by atoms with Crippen molar-refractivity contribution in [2.75, 3.05) is 32.8 Å². The molecular formula is C24H36N4OS. The highest BCUT2D eigenvalue weighted by molar-refractivity contribution is 7.12. The van der Waals surface area contributed by atoms with Gasteiger partial charge in [-0.25, -0.2) is 4.98 Å². The molecule has 0 radical (unpaired) electrons. The maximum absolute atomic E-state index is 6.01. The first-order chi connectivity index (χ1) is 14.8. The van der Waals surface area contributed by atoms with Gasteiger partial charge in [0.15, 0.2) is 5.13 Å². The number of aromatic nitrogens is 2. The van der Waals surface area contributed by atoms with Crippen molar-refractivity contribution in [2.24, 2.45) is 5.92 Å². The Labute approximate surface area is 185 Å². The van der Waals surface area contributed by atoms with Crippen LogP contribution in [0.5, 0.6) is 0 Å². The minimum Gasteiger partial charge on any atom is -0.377 e. The molecule has 2 aromatic rings. The van der Waals surface area contributed by atoms with Crippen molar-refractivity contribution in [3.05, 3.63) is 35.6 Å². The van der Waals surface area contributed by atoms with Gasteiger partial charge in [0.05, 0.1) is 6.10 Å². The molecule has 0 bridgehead atoms. The summed E-state index contributed by atoms with van der Waals surface area (Å²) in [7, 11) is 0. The van der Waals surface area contributed by atoms with Gasteiger partial charge in [0.2, 0.25) is 0 Å². The maximum atomic E-state index is 6.01. The van der Waals surface area contributed by atoms with Gasteiger partial charge in [-0.2, -0.15) is 0 Å². The second-order valence-corrected chi connectivity index (χ2v) is 10.3. The van der Waals surface area contributed by atoms with E-state index < -0.39 is 0 Å². The molecule has 164 valence electrons. The summed E-state index contributed by atoms with van der Waals surface area (Å²) in [4.78, 5) is 9.99. The van der Waals surface area contributed by atoms with Gasteiger partial charge in [0.1, 0.15) is 0 Å². The fourth-order valence-electron chi connectivity index (χ4n) is 5.71. The molecular weight excluding hydrogens is 392 g/mol. The van der Waals surface area contributed by atoms with Gasteiger partial charge in [-0.15, -0.1) is 11.3 Å². The Hall–Kier alpha value is -1.21. The van der Waals surface area contributed by atoms with Crippen LogP contribution in [-0.4, -0.2) is 64.3 Å². The minimum absolute atomic E-state index is 0.409. The Kier molecular flexibility index (Phi) is 6.85. The predicted octanol–water partition coefficient (Wildman–Crippen LogP) is 4.57. The Balaban J connectivity index is 1.22. The third kappa shape index (κ3) is 4.98. The van der Waals surface area contributed by atoms with Crippen LogP contribution in [0.1, 0.15) is 57.1 Å². The first-order valence-corrected chi connectivity index (χ1v) is 12.9. The molecule has 6 heteroatoms. The first kappa shape index (κ1) is 20.7. The average Bonchev–Trinajstić information content (AvgIpc) is 3.56. The molecule has 5 rings (SSSR count). The summed E-state index contributed by atoms with van der Waals surface area (Å²) < 4.78 is 8.27. The lowest BCUT2D eigenvalue weighted by atomic mass is 9.94. The molecule has 4 heterocycles. The van der Waals surface area contributed by atoms with Crippen molar-refractivity contribution in [2.45, 2.75) is 70.1 Å². The molecule has 0 unspecified atom stereocenters. The summed E-state index contributed by atoms with van der Waals surface area (Å²) in [6, 6.07) is 5.30. The number of hydrogen-bond acceptors (Lipinski definition) is 5. The van der Waals surface area contributed by atoms with E-state index in [9.17, 15) is 0 Å². The highest BCUT2D eigenvalue weighted by atomic mass is 32.1. The molecule has 2 aromatic heterocycles. The average molecular weight is 429 g/mol. The summed E-state index contributed by atoms with van der Waals surface area (Å²) in [5, 5.41) is 3.12. The zero-order valence-corrected chi connectivity index (χ0v) is 18.9. The van der Waals surface area contributed by atoms with Crippen molar-refractivity contribution in [1.82, 2.24) is 19.4 Å². The SMILES string of the molecule is c1cc(CN(CC2CCN(C3CCCC3)CC2)C[C@@H]2CCCO2)n(-c2nccs2)c1. The van der Waals surface area contributed by atoms with Gasteiger partial charge >= 0.3 is 0 Å². The third-order valence-electron chi connectivity index (χ3n) is 7.34. The fraction of sp³-hybridized carbons (Fsp3) is 0.708. The summed E-state index contributed by atoms with van der Waals surface area (Å²) in [6.45, 7) is 6.79. The van der Waals surface area contributed by atoms with Gasteiger partial charge < -0.3 is 9.64 Å². The molecule has 2 saturated heterocycles. The van der Waals surface area contributed by atoms with Crippen molar-refractivity contribution in [1.29, 1.82) is 0 Å². The van der Waals surface area contributed by atoms with Crippen LogP contribution in [0, 0.1) is 5.92 Å². The lowest BCUT2D eigenvalue weighted by molar-refractivity contribution is 0.0534. The van der Waals surface area contributed by atoms with Crippen LogP contribution in [0.3, 0.4) is 0 Å². The van der Waals surface area contributed by atoms with Gasteiger partial charge in [0.25, 0.3) is 0 Å². The van der Waals surface area contributed by atoms with E-state index in [1.54, 1.807) is 11.3 Å². The Morgan fingerprint density at radius 2 is 1.93 bits per heavy atom. The van der Waals surface area contributed by atoms with Crippen molar-refractivity contribution < 1.29 is 4.74 Å². The van der Waals surface area contributed by atoms with Gasteiger partial charge in [-0.05, 0) is 69.7 Å². The van der Waals surface area contributed by atoms with E-state index in [0.29, 0.717) is 6.10 Å². The van der Waals surface area contributed by atoms with E-state index in [1.807, 2.05) is 6.20 Å². The fourth-order valence-corrected chi connectivity index (χ4v) is 6.37. The number of piperidine rings is 1. The van der Waals surface area contributed by atoms with E-state index in [0.717, 1.165) is 36.8 Å². The molecule has 3 aliphatic rings. The van der Waals surface area contributed by atoms with Crippen LogP contribution >= 0.6 is 11.3 Å². The van der Waals surface area contributed by atoms with E-state index in [1.165, 1.54) is 76.7 Å². The van der Waals surface area contributed by atoms with Gasteiger partial charge in [-0.1, -0.05) is 12.8 Å². The van der Waals surface area contributed by atoms with Crippen LogP contribution in [0.15, 0.2) is 29.9 Å². The Morgan fingerprint density at radius 1 is 1.07 bits per heavy atom. The maximum Gasteiger partial charge on any atom is 0.193 e. The summed E-state index contributed by atoms with van der Waals surface area (Å²) in [5.74, 6) is 0.812. The summed E-state index contributed by atoms with van der Waals surface area (Å²) in [6.07, 6.45) is 15.3. The number of ether oxygens (including phenoxy) is 1. The quantitative estimate of drug-likeness (QED) is 0.617. The molecule has 1 aliphatic carbocycles. The Bertz CT molecular complexity index is 756. The van der Waals surface area contributed by atoms with E-state index >= 15 is 0 Å².